The molecule has 0 spiro atoms. The van der Waals surface area contributed by atoms with Gasteiger partial charge in [-0.2, -0.15) is 0 Å². The molecule has 0 heterocycles. The van der Waals surface area contributed by atoms with E-state index in [0.717, 1.165) is 19.3 Å². The fourth-order valence-corrected chi connectivity index (χ4v) is 0.943. The first-order valence-electron chi connectivity index (χ1n) is 3.93. The summed E-state index contributed by atoms with van der Waals surface area (Å²) in [7, 11) is 0. The van der Waals surface area contributed by atoms with E-state index in [1.54, 1.807) is 0 Å². The van der Waals surface area contributed by atoms with Gasteiger partial charge < -0.3 is 5.11 Å². The molecule has 0 bridgehead atoms. The van der Waals surface area contributed by atoms with Gasteiger partial charge in [-0.05, 0) is 12.8 Å². The molecular formula is C7H12N2O3. The standard InChI is InChI=1S/C7H12N2O3/c10-4-6(11)8-9-7(12)5-2-1-3-5/h5,10H,1-4H2,(H,8,11)(H,9,12). The van der Waals surface area contributed by atoms with E-state index in [4.69, 9.17) is 5.11 Å². The van der Waals surface area contributed by atoms with Crippen LogP contribution in [0.1, 0.15) is 19.3 Å². The van der Waals surface area contributed by atoms with E-state index < -0.39 is 12.5 Å². The molecule has 0 atom stereocenters. The van der Waals surface area contributed by atoms with E-state index in [1.807, 2.05) is 0 Å². The van der Waals surface area contributed by atoms with E-state index >= 15 is 0 Å². The molecule has 0 radical (unpaired) electrons. The van der Waals surface area contributed by atoms with Crippen LogP contribution in [-0.4, -0.2) is 23.5 Å². The lowest BCUT2D eigenvalue weighted by Crippen LogP contribution is -2.46. The number of hydrogen-bond acceptors (Lipinski definition) is 3. The summed E-state index contributed by atoms with van der Waals surface area (Å²) in [5, 5.41) is 8.29. The number of hydrazine groups is 1. The SMILES string of the molecule is O=C(CO)NNC(=O)C1CCC1. The third-order valence-corrected chi connectivity index (χ3v) is 1.94. The maximum absolute atomic E-state index is 11.0. The van der Waals surface area contributed by atoms with E-state index in [-0.39, 0.29) is 11.8 Å². The van der Waals surface area contributed by atoms with Crippen LogP contribution in [0.5, 0.6) is 0 Å². The van der Waals surface area contributed by atoms with Gasteiger partial charge in [0.25, 0.3) is 5.91 Å². The fraction of sp³-hybridized carbons (Fsp3) is 0.714. The van der Waals surface area contributed by atoms with Crippen LogP contribution in [-0.2, 0) is 9.59 Å². The predicted molar refractivity (Wildman–Crippen MR) is 40.7 cm³/mol. The number of aliphatic hydroxyl groups excluding tert-OH is 1. The van der Waals surface area contributed by atoms with Crippen LogP contribution in [0.2, 0.25) is 0 Å². The Kier molecular flexibility index (Phi) is 3.04. The molecule has 5 nitrogen and oxygen atoms in total. The third-order valence-electron chi connectivity index (χ3n) is 1.94. The molecule has 0 saturated heterocycles. The molecule has 5 heteroatoms. The van der Waals surface area contributed by atoms with Crippen molar-refractivity contribution < 1.29 is 14.7 Å². The fourth-order valence-electron chi connectivity index (χ4n) is 0.943. The third kappa shape index (κ3) is 2.20. The topological polar surface area (TPSA) is 78.4 Å². The molecule has 0 aromatic carbocycles. The first kappa shape index (κ1) is 8.99. The van der Waals surface area contributed by atoms with E-state index in [1.165, 1.54) is 0 Å². The van der Waals surface area contributed by atoms with Gasteiger partial charge in [-0.1, -0.05) is 6.42 Å². The van der Waals surface area contributed by atoms with Crippen molar-refractivity contribution in [2.75, 3.05) is 6.61 Å². The van der Waals surface area contributed by atoms with Gasteiger partial charge >= 0.3 is 0 Å². The van der Waals surface area contributed by atoms with Gasteiger partial charge in [0.05, 0.1) is 0 Å². The van der Waals surface area contributed by atoms with E-state index in [9.17, 15) is 9.59 Å². The Balaban J connectivity index is 2.13. The van der Waals surface area contributed by atoms with Crippen LogP contribution in [0.4, 0.5) is 0 Å². The Morgan fingerprint density at radius 2 is 2.00 bits per heavy atom. The van der Waals surface area contributed by atoms with Crippen molar-refractivity contribution in [2.45, 2.75) is 19.3 Å². The van der Waals surface area contributed by atoms with Gasteiger partial charge in [-0.15, -0.1) is 0 Å². The largest absolute Gasteiger partial charge is 0.386 e. The lowest BCUT2D eigenvalue weighted by molar-refractivity contribution is -0.133. The predicted octanol–water partition coefficient (Wildman–Crippen LogP) is -1.07. The van der Waals surface area contributed by atoms with Crippen LogP contribution < -0.4 is 10.9 Å². The van der Waals surface area contributed by atoms with Crippen molar-refractivity contribution in [3.63, 3.8) is 0 Å². The second-order valence-electron chi connectivity index (χ2n) is 2.82. The van der Waals surface area contributed by atoms with Gasteiger partial charge in [0.15, 0.2) is 0 Å². The molecular weight excluding hydrogens is 160 g/mol. The molecule has 2 amide bonds. The minimum Gasteiger partial charge on any atom is -0.386 e. The highest BCUT2D eigenvalue weighted by Crippen LogP contribution is 2.25. The van der Waals surface area contributed by atoms with Gasteiger partial charge in [0, 0.05) is 5.92 Å². The first-order chi connectivity index (χ1) is 5.74. The number of amides is 2. The number of rotatable bonds is 2. The Bertz CT molecular complexity index is 189. The zero-order chi connectivity index (χ0) is 8.97. The molecule has 0 aliphatic heterocycles. The first-order valence-corrected chi connectivity index (χ1v) is 3.93. The molecule has 0 aromatic rings. The zero-order valence-electron chi connectivity index (χ0n) is 6.67. The highest BCUT2D eigenvalue weighted by atomic mass is 16.3. The lowest BCUT2D eigenvalue weighted by atomic mass is 9.85. The van der Waals surface area contributed by atoms with Crippen molar-refractivity contribution in [3.05, 3.63) is 0 Å². The average Bonchev–Trinajstić information content (AvgIpc) is 1.97. The van der Waals surface area contributed by atoms with Crippen molar-refractivity contribution in [3.8, 4) is 0 Å². The van der Waals surface area contributed by atoms with Crippen molar-refractivity contribution in [1.82, 2.24) is 10.9 Å². The quantitative estimate of drug-likeness (QED) is 0.464. The van der Waals surface area contributed by atoms with Crippen molar-refractivity contribution >= 4 is 11.8 Å². The molecule has 1 fully saturated rings. The van der Waals surface area contributed by atoms with Crippen LogP contribution in [0.25, 0.3) is 0 Å². The van der Waals surface area contributed by atoms with Gasteiger partial charge in [0.1, 0.15) is 6.61 Å². The summed E-state index contributed by atoms with van der Waals surface area (Å²) in [5.41, 5.74) is 4.33. The summed E-state index contributed by atoms with van der Waals surface area (Å²) in [5.74, 6) is -0.713. The molecule has 12 heavy (non-hydrogen) atoms. The Hall–Kier alpha value is -1.10. The summed E-state index contributed by atoms with van der Waals surface area (Å²) in [6.45, 7) is -0.606. The number of nitrogens with one attached hydrogen (secondary N) is 2. The monoisotopic (exact) mass is 172 g/mol. The maximum atomic E-state index is 11.0. The van der Waals surface area contributed by atoms with Crippen LogP contribution in [0.15, 0.2) is 0 Å². The molecule has 1 aliphatic carbocycles. The Morgan fingerprint density at radius 3 is 2.42 bits per heavy atom. The molecule has 1 saturated carbocycles. The van der Waals surface area contributed by atoms with E-state index in [0.29, 0.717) is 0 Å². The number of carbonyl (C=O) groups excluding carboxylic acids is 2. The van der Waals surface area contributed by atoms with Gasteiger partial charge in [0.2, 0.25) is 5.91 Å². The number of aliphatic hydroxyl groups is 1. The second-order valence-corrected chi connectivity index (χ2v) is 2.82. The molecule has 68 valence electrons. The molecule has 3 N–H and O–H groups in total. The average molecular weight is 172 g/mol. The minimum absolute atomic E-state index is 0.0454. The summed E-state index contributed by atoms with van der Waals surface area (Å²) in [4.78, 5) is 21.5. The molecule has 1 aliphatic rings. The molecule has 1 rings (SSSR count). The van der Waals surface area contributed by atoms with E-state index in [2.05, 4.69) is 10.9 Å². The minimum atomic E-state index is -0.606. The lowest BCUT2D eigenvalue weighted by Gasteiger charge is -2.23. The van der Waals surface area contributed by atoms with Crippen LogP contribution in [0, 0.1) is 5.92 Å². The Morgan fingerprint density at radius 1 is 1.33 bits per heavy atom. The van der Waals surface area contributed by atoms with Gasteiger partial charge in [-0.25, -0.2) is 0 Å². The molecule has 0 unspecified atom stereocenters. The van der Waals surface area contributed by atoms with Crippen molar-refractivity contribution in [1.29, 1.82) is 0 Å². The smallest absolute Gasteiger partial charge is 0.264 e. The summed E-state index contributed by atoms with van der Waals surface area (Å²) in [6.07, 6.45) is 2.85. The van der Waals surface area contributed by atoms with Crippen molar-refractivity contribution in [2.24, 2.45) is 5.92 Å². The highest BCUT2D eigenvalue weighted by Gasteiger charge is 2.25. The summed E-state index contributed by atoms with van der Waals surface area (Å²) < 4.78 is 0. The number of hydrogen-bond donors (Lipinski definition) is 3. The summed E-state index contributed by atoms with van der Waals surface area (Å²) >= 11 is 0. The normalized spacial score (nSPS) is 16.4. The van der Waals surface area contributed by atoms with Gasteiger partial charge in [-0.3, -0.25) is 20.4 Å². The highest BCUT2D eigenvalue weighted by molar-refractivity contribution is 5.84. The molecule has 0 aromatic heterocycles. The Labute approximate surface area is 70.1 Å². The van der Waals surface area contributed by atoms with Crippen LogP contribution in [0.3, 0.4) is 0 Å². The zero-order valence-corrected chi connectivity index (χ0v) is 6.67. The summed E-state index contributed by atoms with van der Waals surface area (Å²) in [6, 6.07) is 0. The number of carbonyl (C=O) groups is 2. The maximum Gasteiger partial charge on any atom is 0.264 e. The van der Waals surface area contributed by atoms with Crippen LogP contribution >= 0.6 is 0 Å². The second kappa shape index (κ2) is 4.06.